The molecular formula is C18H20FN5OS. The van der Waals surface area contributed by atoms with Crippen molar-refractivity contribution in [3.8, 4) is 0 Å². The minimum Gasteiger partial charge on any atom is -0.350 e. The van der Waals surface area contributed by atoms with Gasteiger partial charge in [-0.25, -0.2) is 4.39 Å². The predicted molar refractivity (Wildman–Crippen MR) is 100 cm³/mol. The largest absolute Gasteiger partial charge is 0.350 e. The van der Waals surface area contributed by atoms with Crippen molar-refractivity contribution in [1.29, 1.82) is 0 Å². The van der Waals surface area contributed by atoms with Gasteiger partial charge in [-0.2, -0.15) is 0 Å². The molecule has 1 amide bonds. The number of aromatic nitrogens is 3. The van der Waals surface area contributed by atoms with E-state index in [2.05, 4.69) is 32.4 Å². The average molecular weight is 373 g/mol. The highest BCUT2D eigenvalue weighted by atomic mass is 32.1. The SMILES string of the molecule is Cc1ccc(F)c2cc(C(=O)Nc3nnc(C4CCN(C)CC4)s3)[nH]c12. The number of carbonyl (C=O) groups excluding carboxylic acids is 1. The number of amides is 1. The van der Waals surface area contributed by atoms with Gasteiger partial charge >= 0.3 is 0 Å². The minimum absolute atomic E-state index is 0.309. The van der Waals surface area contributed by atoms with Gasteiger partial charge in [-0.05, 0) is 57.6 Å². The molecule has 0 bridgehead atoms. The number of H-pyrrole nitrogens is 1. The Morgan fingerprint density at radius 1 is 1.35 bits per heavy atom. The van der Waals surface area contributed by atoms with E-state index >= 15 is 0 Å². The molecule has 0 spiro atoms. The molecule has 1 aliphatic heterocycles. The second kappa shape index (κ2) is 6.77. The Kier molecular flexibility index (Phi) is 4.46. The van der Waals surface area contributed by atoms with Crippen LogP contribution in [0.25, 0.3) is 10.9 Å². The third kappa shape index (κ3) is 3.22. The summed E-state index contributed by atoms with van der Waals surface area (Å²) in [6.45, 7) is 3.97. The maximum atomic E-state index is 13.9. The molecule has 4 rings (SSSR count). The zero-order chi connectivity index (χ0) is 18.3. The van der Waals surface area contributed by atoms with Crippen molar-refractivity contribution in [2.45, 2.75) is 25.7 Å². The molecule has 26 heavy (non-hydrogen) atoms. The van der Waals surface area contributed by atoms with Gasteiger partial charge in [-0.15, -0.1) is 10.2 Å². The quantitative estimate of drug-likeness (QED) is 0.737. The van der Waals surface area contributed by atoms with Gasteiger partial charge in [0.25, 0.3) is 5.91 Å². The summed E-state index contributed by atoms with van der Waals surface area (Å²) in [5.74, 6) is -0.286. The summed E-state index contributed by atoms with van der Waals surface area (Å²) >= 11 is 1.42. The summed E-state index contributed by atoms with van der Waals surface area (Å²) in [6.07, 6.45) is 2.11. The molecule has 2 aromatic heterocycles. The van der Waals surface area contributed by atoms with E-state index in [9.17, 15) is 9.18 Å². The molecule has 1 aliphatic rings. The number of anilines is 1. The van der Waals surface area contributed by atoms with Crippen molar-refractivity contribution >= 4 is 33.3 Å². The van der Waals surface area contributed by atoms with Crippen molar-refractivity contribution in [3.63, 3.8) is 0 Å². The zero-order valence-electron chi connectivity index (χ0n) is 14.7. The van der Waals surface area contributed by atoms with E-state index in [-0.39, 0.29) is 11.7 Å². The van der Waals surface area contributed by atoms with Crippen molar-refractivity contribution in [2.24, 2.45) is 0 Å². The molecular weight excluding hydrogens is 353 g/mol. The number of aromatic amines is 1. The lowest BCUT2D eigenvalue weighted by Crippen LogP contribution is -2.29. The standard InChI is InChI=1S/C18H20FN5OS/c1-10-3-4-13(19)12-9-14(20-15(10)12)16(25)21-18-23-22-17(26-18)11-5-7-24(2)8-6-11/h3-4,9,11,20H,5-8H2,1-2H3,(H,21,23,25). The van der Waals surface area contributed by atoms with Crippen LogP contribution < -0.4 is 5.32 Å². The molecule has 1 saturated heterocycles. The molecule has 0 unspecified atom stereocenters. The van der Waals surface area contributed by atoms with Gasteiger partial charge < -0.3 is 9.88 Å². The highest BCUT2D eigenvalue weighted by Gasteiger charge is 2.23. The molecule has 0 aliphatic carbocycles. The Balaban J connectivity index is 1.50. The lowest BCUT2D eigenvalue weighted by atomic mass is 9.98. The van der Waals surface area contributed by atoms with Gasteiger partial charge in [0, 0.05) is 11.3 Å². The number of aryl methyl sites for hydroxylation is 1. The van der Waals surface area contributed by atoms with Crippen LogP contribution in [0.2, 0.25) is 0 Å². The van der Waals surface area contributed by atoms with E-state index < -0.39 is 0 Å². The molecule has 2 N–H and O–H groups in total. The number of nitrogens with zero attached hydrogens (tertiary/aromatic N) is 3. The molecule has 1 fully saturated rings. The molecule has 136 valence electrons. The molecule has 6 nitrogen and oxygen atoms in total. The van der Waals surface area contributed by atoms with Gasteiger partial charge in [0.05, 0.1) is 5.52 Å². The number of halogens is 1. The van der Waals surface area contributed by atoms with Crippen LogP contribution in [-0.4, -0.2) is 46.1 Å². The average Bonchev–Trinajstić information content (AvgIpc) is 3.27. The number of fused-ring (bicyclic) bond motifs is 1. The molecule has 0 saturated carbocycles. The summed E-state index contributed by atoms with van der Waals surface area (Å²) in [6, 6.07) is 4.63. The van der Waals surface area contributed by atoms with Crippen LogP contribution in [0.3, 0.4) is 0 Å². The molecule has 0 radical (unpaired) electrons. The second-order valence-electron chi connectivity index (χ2n) is 6.81. The number of rotatable bonds is 3. The van der Waals surface area contributed by atoms with Crippen LogP contribution in [0.5, 0.6) is 0 Å². The van der Waals surface area contributed by atoms with Gasteiger partial charge in [-0.3, -0.25) is 10.1 Å². The molecule has 3 aromatic rings. The highest BCUT2D eigenvalue weighted by molar-refractivity contribution is 7.15. The first kappa shape index (κ1) is 17.1. The first-order chi connectivity index (χ1) is 12.5. The second-order valence-corrected chi connectivity index (χ2v) is 7.82. The Morgan fingerprint density at radius 2 is 2.12 bits per heavy atom. The maximum Gasteiger partial charge on any atom is 0.273 e. The Morgan fingerprint density at radius 3 is 2.85 bits per heavy atom. The normalized spacial score (nSPS) is 16.3. The monoisotopic (exact) mass is 373 g/mol. The van der Waals surface area contributed by atoms with Crippen LogP contribution in [-0.2, 0) is 0 Å². The zero-order valence-corrected chi connectivity index (χ0v) is 15.5. The topological polar surface area (TPSA) is 73.9 Å². The van der Waals surface area contributed by atoms with Gasteiger partial charge in [0.15, 0.2) is 0 Å². The Hall–Kier alpha value is -2.32. The first-order valence-electron chi connectivity index (χ1n) is 8.62. The number of likely N-dealkylation sites (tertiary alicyclic amines) is 1. The van der Waals surface area contributed by atoms with Crippen LogP contribution >= 0.6 is 11.3 Å². The number of piperidine rings is 1. The van der Waals surface area contributed by atoms with Crippen molar-refractivity contribution in [2.75, 3.05) is 25.5 Å². The van der Waals surface area contributed by atoms with Crippen LogP contribution in [0, 0.1) is 12.7 Å². The number of nitrogens with one attached hydrogen (secondary N) is 2. The third-order valence-corrected chi connectivity index (χ3v) is 5.92. The minimum atomic E-state index is -0.346. The fourth-order valence-electron chi connectivity index (χ4n) is 3.32. The van der Waals surface area contributed by atoms with Crippen LogP contribution in [0.15, 0.2) is 18.2 Å². The van der Waals surface area contributed by atoms with E-state index in [0.29, 0.717) is 27.6 Å². The van der Waals surface area contributed by atoms with E-state index in [1.54, 1.807) is 6.07 Å². The molecule has 0 atom stereocenters. The highest BCUT2D eigenvalue weighted by Crippen LogP contribution is 2.31. The third-order valence-electron chi connectivity index (χ3n) is 4.92. The lowest BCUT2D eigenvalue weighted by molar-refractivity contribution is 0.102. The first-order valence-corrected chi connectivity index (χ1v) is 9.44. The summed E-state index contributed by atoms with van der Waals surface area (Å²) in [4.78, 5) is 17.8. The van der Waals surface area contributed by atoms with E-state index in [0.717, 1.165) is 36.5 Å². The molecule has 1 aromatic carbocycles. The van der Waals surface area contributed by atoms with E-state index in [1.807, 2.05) is 6.92 Å². The van der Waals surface area contributed by atoms with E-state index in [4.69, 9.17) is 0 Å². The number of hydrogen-bond acceptors (Lipinski definition) is 5. The Bertz CT molecular complexity index is 919. The molecule has 3 heterocycles. The van der Waals surface area contributed by atoms with Crippen LogP contribution in [0.4, 0.5) is 9.52 Å². The Labute approximate surface area is 154 Å². The van der Waals surface area contributed by atoms with Crippen molar-refractivity contribution < 1.29 is 9.18 Å². The maximum absolute atomic E-state index is 13.9. The van der Waals surface area contributed by atoms with Crippen LogP contribution in [0.1, 0.15) is 39.8 Å². The smallest absolute Gasteiger partial charge is 0.273 e. The summed E-state index contributed by atoms with van der Waals surface area (Å²) in [5, 5.41) is 13.0. The van der Waals surface area contributed by atoms with Gasteiger partial charge in [-0.1, -0.05) is 17.4 Å². The number of hydrogen-bond donors (Lipinski definition) is 2. The number of carbonyl (C=O) groups is 1. The van der Waals surface area contributed by atoms with Gasteiger partial charge in [0.2, 0.25) is 5.13 Å². The number of benzene rings is 1. The fourth-order valence-corrected chi connectivity index (χ4v) is 4.23. The predicted octanol–water partition coefficient (Wildman–Crippen LogP) is 3.53. The summed E-state index contributed by atoms with van der Waals surface area (Å²) < 4.78 is 13.9. The van der Waals surface area contributed by atoms with Gasteiger partial charge in [0.1, 0.15) is 16.5 Å². The fraction of sp³-hybridized carbons (Fsp3) is 0.389. The molecule has 8 heteroatoms. The lowest BCUT2D eigenvalue weighted by Gasteiger charge is -2.27. The van der Waals surface area contributed by atoms with Crippen molar-refractivity contribution in [3.05, 3.63) is 40.3 Å². The van der Waals surface area contributed by atoms with E-state index in [1.165, 1.54) is 23.5 Å². The summed E-state index contributed by atoms with van der Waals surface area (Å²) in [5.41, 5.74) is 1.84. The van der Waals surface area contributed by atoms with Crippen molar-refractivity contribution in [1.82, 2.24) is 20.1 Å². The summed E-state index contributed by atoms with van der Waals surface area (Å²) in [7, 11) is 2.12.